The van der Waals surface area contributed by atoms with E-state index in [9.17, 15) is 14.9 Å². The van der Waals surface area contributed by atoms with Crippen LogP contribution >= 0.6 is 0 Å². The molecule has 0 fully saturated rings. The molecule has 0 spiro atoms. The summed E-state index contributed by atoms with van der Waals surface area (Å²) in [6.45, 7) is 3.53. The van der Waals surface area contributed by atoms with Gasteiger partial charge >= 0.3 is 0 Å². The highest BCUT2D eigenvalue weighted by atomic mass is 16.6. The number of methoxy groups -OCH3 is 1. The molecule has 0 radical (unpaired) electrons. The van der Waals surface area contributed by atoms with Crippen LogP contribution in [0.1, 0.15) is 23.7 Å². The van der Waals surface area contributed by atoms with Crippen LogP contribution in [0, 0.1) is 10.1 Å². The number of carbonyl (C=O) groups is 1. The van der Waals surface area contributed by atoms with Crippen molar-refractivity contribution in [2.24, 2.45) is 0 Å². The standard InChI is InChI=1S/C13H19N3O4/c1-3-14-12-6-5-10(16(18)19)9-11(12)13(17)15-7-4-8-20-2/h5-6,9,14H,3-4,7-8H2,1-2H3,(H,15,17). The van der Waals surface area contributed by atoms with Gasteiger partial charge in [0.15, 0.2) is 0 Å². The van der Waals surface area contributed by atoms with Crippen LogP contribution in [0.2, 0.25) is 0 Å². The Morgan fingerprint density at radius 3 is 2.80 bits per heavy atom. The average Bonchev–Trinajstić information content (AvgIpc) is 2.44. The van der Waals surface area contributed by atoms with E-state index in [1.165, 1.54) is 12.1 Å². The van der Waals surface area contributed by atoms with E-state index in [-0.39, 0.29) is 17.2 Å². The summed E-state index contributed by atoms with van der Waals surface area (Å²) >= 11 is 0. The second kappa shape index (κ2) is 8.11. The summed E-state index contributed by atoms with van der Waals surface area (Å²) in [5.74, 6) is -0.333. The third-order valence-corrected chi connectivity index (χ3v) is 2.64. The lowest BCUT2D eigenvalue weighted by Crippen LogP contribution is -2.26. The summed E-state index contributed by atoms with van der Waals surface area (Å²) in [6, 6.07) is 4.20. The Balaban J connectivity index is 2.85. The van der Waals surface area contributed by atoms with Crippen molar-refractivity contribution in [3.8, 4) is 0 Å². The minimum atomic E-state index is -0.516. The third-order valence-electron chi connectivity index (χ3n) is 2.64. The normalized spacial score (nSPS) is 10.1. The summed E-state index contributed by atoms with van der Waals surface area (Å²) in [6.07, 6.45) is 0.688. The summed E-state index contributed by atoms with van der Waals surface area (Å²) in [5.41, 5.74) is 0.759. The summed E-state index contributed by atoms with van der Waals surface area (Å²) in [7, 11) is 1.59. The van der Waals surface area contributed by atoms with Gasteiger partial charge < -0.3 is 15.4 Å². The van der Waals surface area contributed by atoms with Crippen LogP contribution < -0.4 is 10.6 Å². The fraction of sp³-hybridized carbons (Fsp3) is 0.462. The number of nitrogens with zero attached hydrogens (tertiary/aromatic N) is 1. The maximum Gasteiger partial charge on any atom is 0.270 e. The summed E-state index contributed by atoms with van der Waals surface area (Å²) in [4.78, 5) is 22.3. The number of nitro groups is 1. The quantitative estimate of drug-likeness (QED) is 0.430. The number of carbonyl (C=O) groups excluding carboxylic acids is 1. The molecular weight excluding hydrogens is 262 g/mol. The van der Waals surface area contributed by atoms with Crippen LogP contribution in [-0.4, -0.2) is 37.6 Å². The third kappa shape index (κ3) is 4.51. The van der Waals surface area contributed by atoms with Gasteiger partial charge in [-0.25, -0.2) is 0 Å². The van der Waals surface area contributed by atoms with Crippen molar-refractivity contribution in [2.45, 2.75) is 13.3 Å². The highest BCUT2D eigenvalue weighted by Crippen LogP contribution is 2.22. The van der Waals surface area contributed by atoms with Gasteiger partial charge in [-0.3, -0.25) is 14.9 Å². The molecule has 0 aliphatic carbocycles. The molecule has 0 unspecified atom stereocenters. The number of hydrogen-bond donors (Lipinski definition) is 2. The van der Waals surface area contributed by atoms with Crippen LogP contribution in [-0.2, 0) is 4.74 Å². The number of nitro benzene ring substituents is 1. The minimum absolute atomic E-state index is 0.103. The number of anilines is 1. The average molecular weight is 281 g/mol. The van der Waals surface area contributed by atoms with E-state index < -0.39 is 4.92 Å². The van der Waals surface area contributed by atoms with E-state index in [2.05, 4.69) is 10.6 Å². The second-order valence-electron chi connectivity index (χ2n) is 4.12. The topological polar surface area (TPSA) is 93.5 Å². The molecule has 1 rings (SSSR count). The lowest BCUT2D eigenvalue weighted by molar-refractivity contribution is -0.384. The predicted molar refractivity (Wildman–Crippen MR) is 76.1 cm³/mol. The van der Waals surface area contributed by atoms with Crippen molar-refractivity contribution in [3.63, 3.8) is 0 Å². The molecule has 0 aromatic heterocycles. The van der Waals surface area contributed by atoms with Crippen LogP contribution in [0.15, 0.2) is 18.2 Å². The van der Waals surface area contributed by atoms with Gasteiger partial charge in [0.1, 0.15) is 0 Å². The number of benzene rings is 1. The minimum Gasteiger partial charge on any atom is -0.385 e. The predicted octanol–water partition coefficient (Wildman–Crippen LogP) is 1.79. The van der Waals surface area contributed by atoms with Gasteiger partial charge in [-0.2, -0.15) is 0 Å². The lowest BCUT2D eigenvalue weighted by atomic mass is 10.1. The van der Waals surface area contributed by atoms with Gasteiger partial charge in [0.2, 0.25) is 0 Å². The zero-order valence-corrected chi connectivity index (χ0v) is 11.6. The Morgan fingerprint density at radius 2 is 2.20 bits per heavy atom. The zero-order valence-electron chi connectivity index (χ0n) is 11.6. The molecule has 1 aromatic rings. The fourth-order valence-corrected chi connectivity index (χ4v) is 1.69. The number of hydrogen-bond acceptors (Lipinski definition) is 5. The van der Waals surface area contributed by atoms with Crippen LogP contribution in [0.4, 0.5) is 11.4 Å². The molecule has 20 heavy (non-hydrogen) atoms. The number of ether oxygens (including phenoxy) is 1. The Hall–Kier alpha value is -2.15. The van der Waals surface area contributed by atoms with Gasteiger partial charge in [0.25, 0.3) is 11.6 Å². The van der Waals surface area contributed by atoms with Crippen LogP contribution in [0.3, 0.4) is 0 Å². The first kappa shape index (κ1) is 15.9. The summed E-state index contributed by atoms with van der Waals surface area (Å²) < 4.78 is 4.89. The first-order chi connectivity index (χ1) is 9.60. The molecule has 0 atom stereocenters. The number of nitrogens with one attached hydrogen (secondary N) is 2. The van der Waals surface area contributed by atoms with E-state index in [4.69, 9.17) is 4.74 Å². The Morgan fingerprint density at radius 1 is 1.45 bits per heavy atom. The monoisotopic (exact) mass is 281 g/mol. The number of non-ortho nitro benzene ring substituents is 1. The Bertz CT molecular complexity index is 477. The molecule has 0 bridgehead atoms. The molecule has 0 aliphatic rings. The molecule has 0 aliphatic heterocycles. The lowest BCUT2D eigenvalue weighted by Gasteiger charge is -2.11. The SMILES string of the molecule is CCNc1ccc([N+](=O)[O-])cc1C(=O)NCCCOC. The molecule has 0 saturated heterocycles. The van der Waals surface area contributed by atoms with Crippen molar-refractivity contribution in [1.82, 2.24) is 5.32 Å². The van der Waals surface area contributed by atoms with E-state index in [0.29, 0.717) is 31.8 Å². The van der Waals surface area contributed by atoms with E-state index in [1.807, 2.05) is 6.92 Å². The van der Waals surface area contributed by atoms with Crippen LogP contribution in [0.5, 0.6) is 0 Å². The molecule has 7 heteroatoms. The summed E-state index contributed by atoms with van der Waals surface area (Å²) in [5, 5.41) is 16.5. The molecule has 1 aromatic carbocycles. The second-order valence-corrected chi connectivity index (χ2v) is 4.12. The highest BCUT2D eigenvalue weighted by Gasteiger charge is 2.16. The maximum atomic E-state index is 12.1. The first-order valence-corrected chi connectivity index (χ1v) is 6.39. The Labute approximate surface area is 117 Å². The van der Waals surface area contributed by atoms with Crippen molar-refractivity contribution in [1.29, 1.82) is 0 Å². The van der Waals surface area contributed by atoms with E-state index >= 15 is 0 Å². The van der Waals surface area contributed by atoms with Gasteiger partial charge in [0.05, 0.1) is 10.5 Å². The van der Waals surface area contributed by atoms with Gasteiger partial charge in [-0.15, -0.1) is 0 Å². The van der Waals surface area contributed by atoms with Gasteiger partial charge in [0, 0.05) is 44.6 Å². The molecule has 7 nitrogen and oxygen atoms in total. The largest absolute Gasteiger partial charge is 0.385 e. The number of amides is 1. The molecule has 0 heterocycles. The smallest absolute Gasteiger partial charge is 0.270 e. The highest BCUT2D eigenvalue weighted by molar-refractivity contribution is 6.00. The van der Waals surface area contributed by atoms with E-state index in [0.717, 1.165) is 0 Å². The Kier molecular flexibility index (Phi) is 6.45. The fourth-order valence-electron chi connectivity index (χ4n) is 1.69. The first-order valence-electron chi connectivity index (χ1n) is 6.39. The van der Waals surface area contributed by atoms with Crippen molar-refractivity contribution < 1.29 is 14.5 Å². The maximum absolute atomic E-state index is 12.1. The molecular formula is C13H19N3O4. The van der Waals surface area contributed by atoms with Gasteiger partial charge in [-0.1, -0.05) is 0 Å². The molecule has 1 amide bonds. The zero-order chi connectivity index (χ0) is 15.0. The van der Waals surface area contributed by atoms with Gasteiger partial charge in [-0.05, 0) is 19.4 Å². The van der Waals surface area contributed by atoms with Crippen molar-refractivity contribution in [3.05, 3.63) is 33.9 Å². The molecule has 2 N–H and O–H groups in total. The molecule has 0 saturated carbocycles. The van der Waals surface area contributed by atoms with Crippen molar-refractivity contribution in [2.75, 3.05) is 32.1 Å². The van der Waals surface area contributed by atoms with E-state index in [1.54, 1.807) is 13.2 Å². The number of rotatable bonds is 8. The van der Waals surface area contributed by atoms with Crippen molar-refractivity contribution >= 4 is 17.3 Å². The molecule has 110 valence electrons. The van der Waals surface area contributed by atoms with Crippen LogP contribution in [0.25, 0.3) is 0 Å².